The van der Waals surface area contributed by atoms with Crippen LogP contribution < -0.4 is 5.73 Å². The average Bonchev–Trinajstić information content (AvgIpc) is 2.63. The van der Waals surface area contributed by atoms with Gasteiger partial charge in [0.2, 0.25) is 5.89 Å². The first-order valence-corrected chi connectivity index (χ1v) is 6.05. The summed E-state index contributed by atoms with van der Waals surface area (Å²) in [4.78, 5) is 4.32. The van der Waals surface area contributed by atoms with Crippen LogP contribution in [0.1, 0.15) is 46.3 Å². The Morgan fingerprint density at radius 2 is 2.00 bits per heavy atom. The van der Waals surface area contributed by atoms with Crippen LogP contribution in [0.15, 0.2) is 4.52 Å². The smallest absolute Gasteiger partial charge is 0.226 e. The number of ether oxygens (including phenoxy) is 1. The molecule has 0 radical (unpaired) electrons. The molecule has 0 spiro atoms. The predicted molar refractivity (Wildman–Crippen MR) is 65.5 cm³/mol. The van der Waals surface area contributed by atoms with Crippen molar-refractivity contribution in [1.82, 2.24) is 10.1 Å². The molecule has 1 rings (SSSR count). The third kappa shape index (κ3) is 4.44. The largest absolute Gasteiger partial charge is 0.376 e. The summed E-state index contributed by atoms with van der Waals surface area (Å²) in [6, 6.07) is 0. The van der Waals surface area contributed by atoms with Gasteiger partial charge in [-0.3, -0.25) is 0 Å². The molecule has 1 unspecified atom stereocenters. The van der Waals surface area contributed by atoms with E-state index in [1.807, 2.05) is 20.8 Å². The molecule has 0 aliphatic heterocycles. The summed E-state index contributed by atoms with van der Waals surface area (Å²) < 4.78 is 10.7. The van der Waals surface area contributed by atoms with Gasteiger partial charge in [-0.15, -0.1) is 0 Å². The molecular weight excluding hydrogens is 218 g/mol. The summed E-state index contributed by atoms with van der Waals surface area (Å²) in [6.07, 6.45) is 0.911. The van der Waals surface area contributed by atoms with E-state index in [4.69, 9.17) is 15.0 Å². The Morgan fingerprint density at radius 1 is 1.35 bits per heavy atom. The third-order valence-corrected chi connectivity index (χ3v) is 2.28. The number of aromatic nitrogens is 2. The van der Waals surface area contributed by atoms with Gasteiger partial charge in [-0.05, 0) is 26.7 Å². The number of hydrogen-bond donors (Lipinski definition) is 1. The van der Waals surface area contributed by atoms with Gasteiger partial charge in [0.25, 0.3) is 0 Å². The fourth-order valence-corrected chi connectivity index (χ4v) is 1.32. The first kappa shape index (κ1) is 14.1. The summed E-state index contributed by atoms with van der Waals surface area (Å²) in [5.74, 6) is 1.63. The van der Waals surface area contributed by atoms with Crippen LogP contribution in [0.4, 0.5) is 0 Å². The highest BCUT2D eigenvalue weighted by atomic mass is 16.5. The van der Waals surface area contributed by atoms with Crippen LogP contribution in [-0.2, 0) is 16.7 Å². The van der Waals surface area contributed by atoms with E-state index >= 15 is 0 Å². The van der Waals surface area contributed by atoms with Crippen molar-refractivity contribution < 1.29 is 9.26 Å². The second-order valence-electron chi connectivity index (χ2n) is 5.39. The Kier molecular flexibility index (Phi) is 4.65. The molecule has 0 saturated carbocycles. The van der Waals surface area contributed by atoms with E-state index < -0.39 is 5.54 Å². The molecule has 0 fully saturated rings. The molecule has 1 heterocycles. The lowest BCUT2D eigenvalue weighted by molar-refractivity contribution is 0.0410. The van der Waals surface area contributed by atoms with Gasteiger partial charge in [-0.2, -0.15) is 4.98 Å². The van der Waals surface area contributed by atoms with Gasteiger partial charge in [-0.1, -0.05) is 19.0 Å². The fourth-order valence-electron chi connectivity index (χ4n) is 1.32. The van der Waals surface area contributed by atoms with E-state index in [9.17, 15) is 0 Å². The van der Waals surface area contributed by atoms with Crippen LogP contribution >= 0.6 is 0 Å². The topological polar surface area (TPSA) is 74.2 Å². The molecule has 5 heteroatoms. The minimum atomic E-state index is -0.705. The number of rotatable bonds is 6. The van der Waals surface area contributed by atoms with Gasteiger partial charge in [0.1, 0.15) is 5.54 Å². The molecule has 1 aromatic heterocycles. The zero-order chi connectivity index (χ0) is 13.1. The summed E-state index contributed by atoms with van der Waals surface area (Å²) >= 11 is 0. The predicted octanol–water partition coefficient (Wildman–Crippen LogP) is 1.87. The molecule has 0 aliphatic rings. The van der Waals surface area contributed by atoms with Crippen molar-refractivity contribution in [3.8, 4) is 0 Å². The first-order chi connectivity index (χ1) is 7.81. The van der Waals surface area contributed by atoms with Crippen molar-refractivity contribution in [3.05, 3.63) is 11.7 Å². The van der Waals surface area contributed by atoms with E-state index in [-0.39, 0.29) is 6.10 Å². The summed E-state index contributed by atoms with van der Waals surface area (Å²) in [5, 5.41) is 3.93. The Morgan fingerprint density at radius 3 is 2.53 bits per heavy atom. The molecule has 0 saturated heterocycles. The van der Waals surface area contributed by atoms with Crippen molar-refractivity contribution in [1.29, 1.82) is 0 Å². The fraction of sp³-hybridized carbons (Fsp3) is 0.833. The lowest BCUT2D eigenvalue weighted by Crippen LogP contribution is -2.40. The van der Waals surface area contributed by atoms with Gasteiger partial charge in [0.05, 0.1) is 12.7 Å². The molecule has 0 aromatic carbocycles. The maximum absolute atomic E-state index is 6.12. The van der Waals surface area contributed by atoms with E-state index in [2.05, 4.69) is 24.0 Å². The van der Waals surface area contributed by atoms with Crippen LogP contribution in [0, 0.1) is 5.92 Å². The van der Waals surface area contributed by atoms with Crippen LogP contribution in [0.2, 0.25) is 0 Å². The quantitative estimate of drug-likeness (QED) is 0.823. The second-order valence-corrected chi connectivity index (χ2v) is 5.39. The summed E-state index contributed by atoms with van der Waals surface area (Å²) in [5.41, 5.74) is 5.42. The van der Waals surface area contributed by atoms with Crippen molar-refractivity contribution in [3.63, 3.8) is 0 Å². The first-order valence-electron chi connectivity index (χ1n) is 6.05. The zero-order valence-corrected chi connectivity index (χ0v) is 11.4. The van der Waals surface area contributed by atoms with Gasteiger partial charge in [0.15, 0.2) is 5.82 Å². The maximum Gasteiger partial charge on any atom is 0.226 e. The average molecular weight is 241 g/mol. The van der Waals surface area contributed by atoms with Crippen molar-refractivity contribution in [2.75, 3.05) is 6.61 Å². The molecular formula is C12H23N3O2. The van der Waals surface area contributed by atoms with E-state index in [1.165, 1.54) is 0 Å². The lowest BCUT2D eigenvalue weighted by atomic mass is 10.0. The van der Waals surface area contributed by atoms with E-state index in [0.717, 1.165) is 6.42 Å². The van der Waals surface area contributed by atoms with E-state index in [0.29, 0.717) is 24.2 Å². The lowest BCUT2D eigenvalue weighted by Gasteiger charge is -2.21. The van der Waals surface area contributed by atoms with Crippen LogP contribution in [0.25, 0.3) is 0 Å². The highest BCUT2D eigenvalue weighted by Gasteiger charge is 2.28. The minimum absolute atomic E-state index is 0.139. The summed E-state index contributed by atoms with van der Waals surface area (Å²) in [7, 11) is 0. The molecule has 98 valence electrons. The monoisotopic (exact) mass is 241 g/mol. The summed E-state index contributed by atoms with van der Waals surface area (Å²) in [6.45, 7) is 10.4. The van der Waals surface area contributed by atoms with E-state index in [1.54, 1.807) is 0 Å². The van der Waals surface area contributed by atoms with Crippen molar-refractivity contribution in [2.24, 2.45) is 11.7 Å². The Hall–Kier alpha value is -0.940. The number of nitrogens with two attached hydrogens (primary N) is 1. The Bertz CT molecular complexity index is 345. The molecule has 0 aliphatic carbocycles. The standard InChI is InChI=1S/C12H23N3O2/c1-8(2)6-10-14-11(15-17-10)12(5,13)7-16-9(3)4/h8-9H,6-7,13H2,1-5H3. The van der Waals surface area contributed by atoms with Gasteiger partial charge < -0.3 is 15.0 Å². The highest BCUT2D eigenvalue weighted by Crippen LogP contribution is 2.16. The van der Waals surface area contributed by atoms with Crippen molar-refractivity contribution in [2.45, 2.75) is 52.7 Å². The zero-order valence-electron chi connectivity index (χ0n) is 11.4. The van der Waals surface area contributed by atoms with Crippen LogP contribution in [-0.4, -0.2) is 22.9 Å². The molecule has 0 amide bonds. The third-order valence-electron chi connectivity index (χ3n) is 2.28. The van der Waals surface area contributed by atoms with Gasteiger partial charge in [0, 0.05) is 6.42 Å². The van der Waals surface area contributed by atoms with Crippen molar-refractivity contribution >= 4 is 0 Å². The van der Waals surface area contributed by atoms with Crippen LogP contribution in [0.5, 0.6) is 0 Å². The molecule has 1 atom stereocenters. The second kappa shape index (κ2) is 5.60. The van der Waals surface area contributed by atoms with Crippen LogP contribution in [0.3, 0.4) is 0 Å². The molecule has 17 heavy (non-hydrogen) atoms. The molecule has 2 N–H and O–H groups in total. The van der Waals surface area contributed by atoms with Gasteiger partial charge in [-0.25, -0.2) is 0 Å². The Balaban J connectivity index is 2.67. The molecule has 5 nitrogen and oxygen atoms in total. The number of hydrogen-bond acceptors (Lipinski definition) is 5. The Labute approximate surface area is 103 Å². The van der Waals surface area contributed by atoms with Gasteiger partial charge >= 0.3 is 0 Å². The normalized spacial score (nSPS) is 15.5. The molecule has 1 aromatic rings. The minimum Gasteiger partial charge on any atom is -0.376 e. The highest BCUT2D eigenvalue weighted by molar-refractivity contribution is 5.02. The SMILES string of the molecule is CC(C)Cc1nc(C(C)(N)COC(C)C)no1. The molecule has 0 bridgehead atoms. The number of nitrogens with zero attached hydrogens (tertiary/aromatic N) is 2. The maximum atomic E-state index is 6.12.